The van der Waals surface area contributed by atoms with Gasteiger partial charge in [-0.15, -0.1) is 0 Å². The van der Waals surface area contributed by atoms with Gasteiger partial charge in [-0.05, 0) is 0 Å². The first-order valence-electron chi connectivity index (χ1n) is 5.95. The highest BCUT2D eigenvalue weighted by Gasteiger charge is 2.05. The van der Waals surface area contributed by atoms with Crippen LogP contribution in [-0.2, 0) is 0 Å². The number of aromatic nitrogens is 2. The third kappa shape index (κ3) is 1.23. The molecule has 0 bridgehead atoms. The van der Waals surface area contributed by atoms with E-state index in [1.807, 2.05) is 36.7 Å². The summed E-state index contributed by atoms with van der Waals surface area (Å²) < 4.78 is 0. The van der Waals surface area contributed by atoms with E-state index < -0.39 is 0 Å². The van der Waals surface area contributed by atoms with Crippen molar-refractivity contribution >= 4 is 32.6 Å². The van der Waals surface area contributed by atoms with E-state index in [2.05, 4.69) is 34.2 Å². The Morgan fingerprint density at radius 1 is 0.556 bits per heavy atom. The minimum Gasteiger partial charge on any atom is -0.253 e. The van der Waals surface area contributed by atoms with Crippen LogP contribution in [-0.4, -0.2) is 9.97 Å². The molecule has 84 valence electrons. The lowest BCUT2D eigenvalue weighted by Crippen LogP contribution is -1.87. The topological polar surface area (TPSA) is 25.8 Å². The summed E-state index contributed by atoms with van der Waals surface area (Å²) in [6.07, 6.45) is 3.84. The van der Waals surface area contributed by atoms with Crippen molar-refractivity contribution in [2.45, 2.75) is 0 Å². The fourth-order valence-corrected chi connectivity index (χ4v) is 2.44. The van der Waals surface area contributed by atoms with Gasteiger partial charge in [0, 0.05) is 33.9 Å². The van der Waals surface area contributed by atoms with Gasteiger partial charge in [0.15, 0.2) is 0 Å². The van der Waals surface area contributed by atoms with Gasteiger partial charge in [-0.25, -0.2) is 0 Å². The zero-order valence-electron chi connectivity index (χ0n) is 9.67. The first-order chi connectivity index (χ1) is 8.93. The lowest BCUT2D eigenvalue weighted by Gasteiger charge is -2.05. The molecule has 0 N–H and O–H groups in total. The number of hydrogen-bond donors (Lipinski definition) is 0. The maximum absolute atomic E-state index is 4.58. The van der Waals surface area contributed by atoms with Crippen LogP contribution in [0.5, 0.6) is 0 Å². The molecule has 4 aromatic rings. The van der Waals surface area contributed by atoms with E-state index in [4.69, 9.17) is 0 Å². The number of rotatable bonds is 0. The Kier molecular flexibility index (Phi) is 1.86. The third-order valence-corrected chi connectivity index (χ3v) is 3.32. The van der Waals surface area contributed by atoms with Crippen LogP contribution in [0.4, 0.5) is 0 Å². The molecule has 2 nitrogen and oxygen atoms in total. The largest absolute Gasteiger partial charge is 0.253 e. The monoisotopic (exact) mass is 230 g/mol. The Bertz CT molecular complexity index is 806. The summed E-state index contributed by atoms with van der Waals surface area (Å²) in [6, 6.07) is 16.5. The maximum Gasteiger partial charge on any atom is 0.0971 e. The summed E-state index contributed by atoms with van der Waals surface area (Å²) in [4.78, 5) is 9.15. The average molecular weight is 230 g/mol. The Balaban J connectivity index is 2.31. The summed E-state index contributed by atoms with van der Waals surface area (Å²) in [5, 5.41) is 4.59. The third-order valence-electron chi connectivity index (χ3n) is 3.32. The minimum atomic E-state index is 0.979. The number of nitrogens with zero attached hydrogens (tertiary/aromatic N) is 2. The van der Waals surface area contributed by atoms with E-state index in [9.17, 15) is 0 Å². The molecule has 0 saturated carbocycles. The SMILES string of the molecule is c1ccc2c(c1)cnc1c3ccccc3cnc21. The highest BCUT2D eigenvalue weighted by atomic mass is 14.7. The van der Waals surface area contributed by atoms with Crippen molar-refractivity contribution in [3.63, 3.8) is 0 Å². The molecule has 0 unspecified atom stereocenters. The van der Waals surface area contributed by atoms with E-state index in [1.165, 1.54) is 0 Å². The Labute approximate surface area is 104 Å². The fraction of sp³-hybridized carbons (Fsp3) is 0. The van der Waals surface area contributed by atoms with Gasteiger partial charge in [-0.2, -0.15) is 0 Å². The normalized spacial score (nSPS) is 11.3. The molecule has 2 heteroatoms. The van der Waals surface area contributed by atoms with Gasteiger partial charge in [-0.1, -0.05) is 48.5 Å². The van der Waals surface area contributed by atoms with Gasteiger partial charge >= 0.3 is 0 Å². The predicted octanol–water partition coefficient (Wildman–Crippen LogP) is 3.94. The van der Waals surface area contributed by atoms with E-state index >= 15 is 0 Å². The van der Waals surface area contributed by atoms with Crippen LogP contribution in [0.1, 0.15) is 0 Å². The Hall–Kier alpha value is -2.48. The van der Waals surface area contributed by atoms with Crippen molar-refractivity contribution in [3.05, 3.63) is 60.9 Å². The van der Waals surface area contributed by atoms with Crippen LogP contribution in [0.3, 0.4) is 0 Å². The molecular formula is C16H10N2. The standard InChI is InChI=1S/C16H10N2/c1-3-7-13-11(5-1)9-17-16-14-8-4-2-6-12(14)10-18-15(13)16/h1-10H. The van der Waals surface area contributed by atoms with Crippen LogP contribution in [0.25, 0.3) is 32.6 Å². The van der Waals surface area contributed by atoms with Crippen LogP contribution < -0.4 is 0 Å². The van der Waals surface area contributed by atoms with Crippen molar-refractivity contribution < 1.29 is 0 Å². The molecular weight excluding hydrogens is 220 g/mol. The molecule has 18 heavy (non-hydrogen) atoms. The molecule has 0 aliphatic rings. The van der Waals surface area contributed by atoms with Crippen LogP contribution >= 0.6 is 0 Å². The van der Waals surface area contributed by atoms with Crippen molar-refractivity contribution in [2.24, 2.45) is 0 Å². The fourth-order valence-electron chi connectivity index (χ4n) is 2.44. The first-order valence-corrected chi connectivity index (χ1v) is 5.95. The van der Waals surface area contributed by atoms with Crippen LogP contribution in [0.15, 0.2) is 60.9 Å². The predicted molar refractivity (Wildman–Crippen MR) is 74.6 cm³/mol. The summed E-state index contributed by atoms with van der Waals surface area (Å²) >= 11 is 0. The average Bonchev–Trinajstić information content (AvgIpc) is 2.46. The zero-order valence-corrected chi connectivity index (χ0v) is 9.67. The Morgan fingerprint density at radius 3 is 1.50 bits per heavy atom. The first kappa shape index (κ1) is 9.54. The number of fused-ring (bicyclic) bond motifs is 5. The summed E-state index contributed by atoms with van der Waals surface area (Å²) in [7, 11) is 0. The number of benzene rings is 2. The lowest BCUT2D eigenvalue weighted by atomic mass is 10.1. The lowest BCUT2D eigenvalue weighted by molar-refractivity contribution is 1.39. The van der Waals surface area contributed by atoms with E-state index in [1.54, 1.807) is 0 Å². The molecule has 0 amide bonds. The van der Waals surface area contributed by atoms with E-state index in [0.29, 0.717) is 0 Å². The number of pyridine rings is 2. The van der Waals surface area contributed by atoms with Gasteiger partial charge in [0.2, 0.25) is 0 Å². The second-order valence-corrected chi connectivity index (χ2v) is 4.39. The molecule has 0 saturated heterocycles. The second kappa shape index (κ2) is 3.50. The summed E-state index contributed by atoms with van der Waals surface area (Å²) in [5.41, 5.74) is 1.96. The molecule has 4 rings (SSSR count). The number of hydrogen-bond acceptors (Lipinski definition) is 2. The van der Waals surface area contributed by atoms with Crippen molar-refractivity contribution in [1.29, 1.82) is 0 Å². The quantitative estimate of drug-likeness (QED) is 0.428. The van der Waals surface area contributed by atoms with Gasteiger partial charge in [-0.3, -0.25) is 9.97 Å². The van der Waals surface area contributed by atoms with E-state index in [-0.39, 0.29) is 0 Å². The molecule has 0 atom stereocenters. The summed E-state index contributed by atoms with van der Waals surface area (Å²) in [6.45, 7) is 0. The Morgan fingerprint density at radius 2 is 1.00 bits per heavy atom. The summed E-state index contributed by atoms with van der Waals surface area (Å²) in [5.74, 6) is 0. The highest BCUT2D eigenvalue weighted by Crippen LogP contribution is 2.26. The second-order valence-electron chi connectivity index (χ2n) is 4.39. The van der Waals surface area contributed by atoms with Gasteiger partial charge in [0.25, 0.3) is 0 Å². The molecule has 0 aliphatic heterocycles. The molecule has 0 radical (unpaired) electrons. The van der Waals surface area contributed by atoms with Gasteiger partial charge < -0.3 is 0 Å². The smallest absolute Gasteiger partial charge is 0.0971 e. The molecule has 0 fully saturated rings. The minimum absolute atomic E-state index is 0.979. The zero-order chi connectivity index (χ0) is 11.9. The van der Waals surface area contributed by atoms with Crippen LogP contribution in [0.2, 0.25) is 0 Å². The van der Waals surface area contributed by atoms with Crippen molar-refractivity contribution in [2.75, 3.05) is 0 Å². The molecule has 2 heterocycles. The maximum atomic E-state index is 4.58. The van der Waals surface area contributed by atoms with Gasteiger partial charge in [0.05, 0.1) is 11.0 Å². The highest BCUT2D eigenvalue weighted by molar-refractivity contribution is 6.12. The van der Waals surface area contributed by atoms with Gasteiger partial charge in [0.1, 0.15) is 0 Å². The molecule has 0 spiro atoms. The molecule has 2 aromatic heterocycles. The van der Waals surface area contributed by atoms with Crippen molar-refractivity contribution in [1.82, 2.24) is 9.97 Å². The van der Waals surface area contributed by atoms with Crippen molar-refractivity contribution in [3.8, 4) is 0 Å². The van der Waals surface area contributed by atoms with E-state index in [0.717, 1.165) is 32.6 Å². The van der Waals surface area contributed by atoms with Crippen LogP contribution in [0, 0.1) is 0 Å². The molecule has 0 aliphatic carbocycles. The molecule has 2 aromatic carbocycles.